The van der Waals surface area contributed by atoms with Crippen LogP contribution in [-0.4, -0.2) is 47.5 Å². The number of urea groups is 1. The van der Waals surface area contributed by atoms with E-state index in [4.69, 9.17) is 9.47 Å². The van der Waals surface area contributed by atoms with E-state index in [-0.39, 0.29) is 31.0 Å². The van der Waals surface area contributed by atoms with E-state index in [0.29, 0.717) is 4.88 Å². The smallest absolute Gasteiger partial charge is 0.348 e. The minimum Gasteiger partial charge on any atom is -0.463 e. The number of fused-ring (bicyclic) bond motifs is 1. The third-order valence-electron chi connectivity index (χ3n) is 4.67. The first kappa shape index (κ1) is 20.6. The first-order valence-corrected chi connectivity index (χ1v) is 10.4. The number of para-hydroxylation sites is 1. The molecule has 2 amide bonds. The molecule has 0 radical (unpaired) electrons. The predicted octanol–water partition coefficient (Wildman–Crippen LogP) is 2.68. The molecule has 0 atom stereocenters. The van der Waals surface area contributed by atoms with Gasteiger partial charge in [0.25, 0.3) is 0 Å². The Hall–Kier alpha value is -3.66. The van der Waals surface area contributed by atoms with Gasteiger partial charge in [0.2, 0.25) is 0 Å². The predicted molar refractivity (Wildman–Crippen MR) is 114 cm³/mol. The number of amides is 2. The van der Waals surface area contributed by atoms with E-state index in [1.165, 1.54) is 11.3 Å². The molecule has 0 unspecified atom stereocenters. The summed E-state index contributed by atoms with van der Waals surface area (Å²) < 4.78 is 12.2. The minimum absolute atomic E-state index is 0.00649. The van der Waals surface area contributed by atoms with Crippen molar-refractivity contribution in [3.8, 4) is 5.69 Å². The molecule has 1 aromatic carbocycles. The first-order chi connectivity index (χ1) is 15.0. The first-order valence-electron chi connectivity index (χ1n) is 9.63. The standard InChI is InChI=1S/C21H20N4O5S/c1-3-29-19(26)15-10-22-21(28)23-16(15)11-30-20(27)17-9-14-12(2)24-25(18(14)31-17)13-7-5-4-6-8-13/h4-9H,3,10-11H2,1-2H3,(H2,22,23,28). The molecule has 0 saturated carbocycles. The average molecular weight is 440 g/mol. The molecule has 1 aliphatic heterocycles. The maximum Gasteiger partial charge on any atom is 0.348 e. The molecule has 2 N–H and O–H groups in total. The second-order valence-corrected chi connectivity index (χ2v) is 7.75. The summed E-state index contributed by atoms with van der Waals surface area (Å²) in [5, 5.41) is 10.4. The highest BCUT2D eigenvalue weighted by Crippen LogP contribution is 2.30. The Morgan fingerprint density at radius 3 is 2.71 bits per heavy atom. The van der Waals surface area contributed by atoms with E-state index in [2.05, 4.69) is 15.7 Å². The van der Waals surface area contributed by atoms with Crippen molar-refractivity contribution in [1.29, 1.82) is 0 Å². The van der Waals surface area contributed by atoms with Crippen LogP contribution in [0.2, 0.25) is 0 Å². The molecule has 2 aromatic heterocycles. The zero-order valence-corrected chi connectivity index (χ0v) is 17.7. The van der Waals surface area contributed by atoms with Crippen molar-refractivity contribution in [1.82, 2.24) is 20.4 Å². The second kappa shape index (κ2) is 8.60. The van der Waals surface area contributed by atoms with Crippen LogP contribution in [0.3, 0.4) is 0 Å². The summed E-state index contributed by atoms with van der Waals surface area (Å²) in [7, 11) is 0. The van der Waals surface area contributed by atoms with Crippen LogP contribution in [0.4, 0.5) is 4.79 Å². The number of esters is 2. The van der Waals surface area contributed by atoms with E-state index in [1.54, 1.807) is 17.7 Å². The van der Waals surface area contributed by atoms with Gasteiger partial charge >= 0.3 is 18.0 Å². The molecule has 0 spiro atoms. The topological polar surface area (TPSA) is 112 Å². The van der Waals surface area contributed by atoms with Gasteiger partial charge in [-0.2, -0.15) is 5.10 Å². The molecular weight excluding hydrogens is 420 g/mol. The highest BCUT2D eigenvalue weighted by molar-refractivity contribution is 7.20. The van der Waals surface area contributed by atoms with Crippen LogP contribution < -0.4 is 10.6 Å². The van der Waals surface area contributed by atoms with Crippen molar-refractivity contribution in [2.75, 3.05) is 19.8 Å². The van der Waals surface area contributed by atoms with Gasteiger partial charge in [0.05, 0.1) is 35.8 Å². The number of ether oxygens (including phenoxy) is 2. The molecule has 0 aliphatic carbocycles. The minimum atomic E-state index is -0.568. The summed E-state index contributed by atoms with van der Waals surface area (Å²) in [6.45, 7) is 3.52. The molecule has 0 bridgehead atoms. The lowest BCUT2D eigenvalue weighted by molar-refractivity contribution is -0.138. The number of aryl methyl sites for hydroxylation is 1. The average Bonchev–Trinajstić information content (AvgIpc) is 3.33. The number of hydrogen-bond acceptors (Lipinski definition) is 7. The van der Waals surface area contributed by atoms with Crippen LogP contribution in [0.15, 0.2) is 47.7 Å². The zero-order chi connectivity index (χ0) is 22.0. The van der Waals surface area contributed by atoms with Gasteiger partial charge in [-0.1, -0.05) is 18.2 Å². The molecule has 1 aliphatic rings. The van der Waals surface area contributed by atoms with Gasteiger partial charge < -0.3 is 20.1 Å². The van der Waals surface area contributed by atoms with E-state index < -0.39 is 18.0 Å². The Labute approximate surface area is 181 Å². The van der Waals surface area contributed by atoms with Crippen molar-refractivity contribution in [2.45, 2.75) is 13.8 Å². The summed E-state index contributed by atoms with van der Waals surface area (Å²) in [4.78, 5) is 37.7. The Kier molecular flexibility index (Phi) is 5.72. The number of thiophene rings is 1. The van der Waals surface area contributed by atoms with Crippen LogP contribution in [-0.2, 0) is 14.3 Å². The van der Waals surface area contributed by atoms with Gasteiger partial charge in [-0.05, 0) is 32.0 Å². The number of carbonyl (C=O) groups excluding carboxylic acids is 3. The summed E-state index contributed by atoms with van der Waals surface area (Å²) in [5.41, 5.74) is 2.13. The van der Waals surface area contributed by atoms with E-state index in [1.807, 2.05) is 37.3 Å². The summed E-state index contributed by atoms with van der Waals surface area (Å²) >= 11 is 1.27. The Balaban J connectivity index is 1.56. The Morgan fingerprint density at radius 1 is 1.19 bits per heavy atom. The van der Waals surface area contributed by atoms with Gasteiger partial charge in [-0.15, -0.1) is 11.3 Å². The SMILES string of the molecule is CCOC(=O)C1=C(COC(=O)c2cc3c(C)nn(-c4ccccc4)c3s2)NC(=O)NC1. The fraction of sp³-hybridized carbons (Fsp3) is 0.238. The number of aromatic nitrogens is 2. The van der Waals surface area contributed by atoms with Crippen molar-refractivity contribution < 1.29 is 23.9 Å². The van der Waals surface area contributed by atoms with Crippen LogP contribution in [0, 0.1) is 6.92 Å². The third-order valence-corrected chi connectivity index (χ3v) is 5.76. The molecule has 3 aromatic rings. The van der Waals surface area contributed by atoms with Crippen LogP contribution >= 0.6 is 11.3 Å². The highest BCUT2D eigenvalue weighted by atomic mass is 32.1. The number of hydrogen-bond donors (Lipinski definition) is 2. The third kappa shape index (κ3) is 4.15. The van der Waals surface area contributed by atoms with Gasteiger partial charge in [0.1, 0.15) is 16.3 Å². The maximum absolute atomic E-state index is 12.7. The van der Waals surface area contributed by atoms with Crippen molar-refractivity contribution >= 4 is 39.5 Å². The van der Waals surface area contributed by atoms with Gasteiger partial charge in [0, 0.05) is 5.39 Å². The number of carbonyl (C=O) groups is 3. The summed E-state index contributed by atoms with van der Waals surface area (Å²) in [6.07, 6.45) is 0. The Morgan fingerprint density at radius 2 is 1.97 bits per heavy atom. The van der Waals surface area contributed by atoms with Crippen LogP contribution in [0.5, 0.6) is 0 Å². The number of nitrogens with one attached hydrogen (secondary N) is 2. The van der Waals surface area contributed by atoms with Crippen LogP contribution in [0.25, 0.3) is 15.9 Å². The fourth-order valence-electron chi connectivity index (χ4n) is 3.17. The normalized spacial score (nSPS) is 13.7. The Bertz CT molecular complexity index is 1200. The molecule has 3 heterocycles. The maximum atomic E-state index is 12.7. The molecule has 10 heteroatoms. The molecule has 4 rings (SSSR count). The van der Waals surface area contributed by atoms with E-state index >= 15 is 0 Å². The van der Waals surface area contributed by atoms with Gasteiger partial charge in [-0.25, -0.2) is 19.1 Å². The fourth-order valence-corrected chi connectivity index (χ4v) is 4.25. The molecule has 160 valence electrons. The lowest BCUT2D eigenvalue weighted by Gasteiger charge is -2.20. The van der Waals surface area contributed by atoms with Gasteiger partial charge in [0.15, 0.2) is 0 Å². The molecular formula is C21H20N4O5S. The second-order valence-electron chi connectivity index (χ2n) is 6.72. The van der Waals surface area contributed by atoms with Crippen molar-refractivity contribution in [3.05, 3.63) is 58.2 Å². The number of nitrogens with zero attached hydrogens (tertiary/aromatic N) is 2. The number of benzene rings is 1. The molecule has 0 fully saturated rings. The van der Waals surface area contributed by atoms with E-state index in [9.17, 15) is 14.4 Å². The summed E-state index contributed by atoms with van der Waals surface area (Å²) in [6, 6.07) is 10.9. The van der Waals surface area contributed by atoms with Crippen LogP contribution in [0.1, 0.15) is 22.3 Å². The number of rotatable bonds is 6. The largest absolute Gasteiger partial charge is 0.463 e. The van der Waals surface area contributed by atoms with Crippen molar-refractivity contribution in [2.24, 2.45) is 0 Å². The van der Waals surface area contributed by atoms with E-state index in [0.717, 1.165) is 21.6 Å². The van der Waals surface area contributed by atoms with Crippen molar-refractivity contribution in [3.63, 3.8) is 0 Å². The lowest BCUT2D eigenvalue weighted by Crippen LogP contribution is -2.45. The van der Waals surface area contributed by atoms with Gasteiger partial charge in [-0.3, -0.25) is 0 Å². The molecule has 0 saturated heterocycles. The molecule has 31 heavy (non-hydrogen) atoms. The molecule has 9 nitrogen and oxygen atoms in total. The zero-order valence-electron chi connectivity index (χ0n) is 16.9. The summed E-state index contributed by atoms with van der Waals surface area (Å²) in [5.74, 6) is -1.12. The highest BCUT2D eigenvalue weighted by Gasteiger charge is 2.25. The quantitative estimate of drug-likeness (QED) is 0.570. The monoisotopic (exact) mass is 440 g/mol. The lowest BCUT2D eigenvalue weighted by atomic mass is 10.2.